The Morgan fingerprint density at radius 2 is 1.97 bits per heavy atom. The Hall–Kier alpha value is -2.38. The second-order valence-corrected chi connectivity index (χ2v) is 11.0. The van der Waals surface area contributed by atoms with E-state index in [1.807, 2.05) is 0 Å². The summed E-state index contributed by atoms with van der Waals surface area (Å²) in [5.41, 5.74) is 5.48. The number of likely N-dealkylation sites (tertiary alicyclic amines) is 1. The maximum absolute atomic E-state index is 6.30. The fraction of sp³-hybridized carbons (Fsp3) is 0.643. The Kier molecular flexibility index (Phi) is 6.54. The van der Waals surface area contributed by atoms with E-state index in [9.17, 15) is 0 Å². The number of nitrogens with one attached hydrogen (secondary N) is 1. The van der Waals surface area contributed by atoms with E-state index < -0.39 is 0 Å². The number of ether oxygens (including phenoxy) is 1. The summed E-state index contributed by atoms with van der Waals surface area (Å²) in [5, 5.41) is 3.57. The highest BCUT2D eigenvalue weighted by atomic mass is 16.5. The molecule has 7 heteroatoms. The van der Waals surface area contributed by atoms with Crippen molar-refractivity contribution in [2.24, 2.45) is 0 Å². The number of hydrogen-bond donors (Lipinski definition) is 1. The van der Waals surface area contributed by atoms with E-state index in [1.165, 1.54) is 48.2 Å². The van der Waals surface area contributed by atoms with E-state index in [1.54, 1.807) is 0 Å². The third-order valence-corrected chi connectivity index (χ3v) is 8.54. The topological polar surface area (TPSA) is 56.8 Å². The minimum atomic E-state index is 0.465. The van der Waals surface area contributed by atoms with Crippen LogP contribution in [0.25, 0.3) is 0 Å². The number of hydrogen-bond acceptors (Lipinski definition) is 7. The molecule has 1 N–H and O–H groups in total. The number of piperazine rings is 1. The number of nitrogens with zero attached hydrogens (tertiary/aromatic N) is 5. The quantitative estimate of drug-likeness (QED) is 0.712. The SMILES string of the molecule is C[C@H]1CN(c2nc(OC[C@@H]3CCCN3C)nc3c2CCC(N2CCCc4ccccc42)C3)CCN1. The van der Waals surface area contributed by atoms with Gasteiger partial charge in [0.15, 0.2) is 0 Å². The molecule has 35 heavy (non-hydrogen) atoms. The summed E-state index contributed by atoms with van der Waals surface area (Å²) < 4.78 is 6.30. The molecule has 0 radical (unpaired) electrons. The highest BCUT2D eigenvalue weighted by Crippen LogP contribution is 2.36. The zero-order valence-corrected chi connectivity index (χ0v) is 21.4. The maximum atomic E-state index is 6.30. The molecule has 2 aromatic rings. The van der Waals surface area contributed by atoms with Crippen molar-refractivity contribution in [3.05, 3.63) is 41.1 Å². The van der Waals surface area contributed by atoms with Crippen LogP contribution < -0.4 is 19.9 Å². The van der Waals surface area contributed by atoms with Crippen molar-refractivity contribution >= 4 is 11.5 Å². The summed E-state index contributed by atoms with van der Waals surface area (Å²) in [6.07, 6.45) is 8.04. The Labute approximate surface area is 209 Å². The van der Waals surface area contributed by atoms with Gasteiger partial charge >= 0.3 is 6.01 Å². The van der Waals surface area contributed by atoms with Gasteiger partial charge in [-0.15, -0.1) is 0 Å². The van der Waals surface area contributed by atoms with Crippen LogP contribution in [-0.2, 0) is 19.3 Å². The predicted octanol–water partition coefficient (Wildman–Crippen LogP) is 3.06. The van der Waals surface area contributed by atoms with Crippen molar-refractivity contribution in [1.82, 2.24) is 20.2 Å². The summed E-state index contributed by atoms with van der Waals surface area (Å²) >= 11 is 0. The minimum Gasteiger partial charge on any atom is -0.462 e. The van der Waals surface area contributed by atoms with Gasteiger partial charge in [0, 0.05) is 62.0 Å². The van der Waals surface area contributed by atoms with Crippen molar-refractivity contribution in [3.63, 3.8) is 0 Å². The first-order valence-electron chi connectivity index (χ1n) is 13.7. The molecule has 7 nitrogen and oxygen atoms in total. The molecule has 0 amide bonds. The molecule has 6 rings (SSSR count). The van der Waals surface area contributed by atoms with Crippen LogP contribution in [0.5, 0.6) is 6.01 Å². The molecule has 1 aliphatic carbocycles. The number of para-hydroxylation sites is 1. The molecule has 2 saturated heterocycles. The van der Waals surface area contributed by atoms with Crippen molar-refractivity contribution in [2.75, 3.05) is 56.2 Å². The van der Waals surface area contributed by atoms with Gasteiger partial charge < -0.3 is 24.8 Å². The predicted molar refractivity (Wildman–Crippen MR) is 141 cm³/mol. The van der Waals surface area contributed by atoms with E-state index in [-0.39, 0.29) is 0 Å². The number of aryl methyl sites for hydroxylation is 1. The molecule has 188 valence electrons. The van der Waals surface area contributed by atoms with Crippen molar-refractivity contribution in [3.8, 4) is 6.01 Å². The highest BCUT2D eigenvalue weighted by Gasteiger charge is 2.32. The fourth-order valence-electron chi connectivity index (χ4n) is 6.58. The van der Waals surface area contributed by atoms with Crippen molar-refractivity contribution in [2.45, 2.75) is 70.0 Å². The lowest BCUT2D eigenvalue weighted by Gasteiger charge is -2.41. The molecule has 1 aromatic heterocycles. The highest BCUT2D eigenvalue weighted by molar-refractivity contribution is 5.58. The number of benzene rings is 1. The molecule has 0 spiro atoms. The first-order chi connectivity index (χ1) is 17.2. The number of fused-ring (bicyclic) bond motifs is 2. The fourth-order valence-corrected chi connectivity index (χ4v) is 6.58. The van der Waals surface area contributed by atoms with Gasteiger partial charge in [-0.1, -0.05) is 18.2 Å². The summed E-state index contributed by atoms with van der Waals surface area (Å²) in [4.78, 5) is 17.6. The van der Waals surface area contributed by atoms with E-state index in [4.69, 9.17) is 14.7 Å². The second kappa shape index (κ2) is 9.94. The van der Waals surface area contributed by atoms with E-state index in [0.717, 1.165) is 57.8 Å². The summed E-state index contributed by atoms with van der Waals surface area (Å²) in [6.45, 7) is 8.20. The Bertz CT molecular complexity index is 1040. The largest absolute Gasteiger partial charge is 0.462 e. The third-order valence-electron chi connectivity index (χ3n) is 8.54. The Balaban J connectivity index is 1.28. The molecule has 3 atom stereocenters. The molecule has 1 unspecified atom stereocenters. The van der Waals surface area contributed by atoms with E-state index in [2.05, 4.69) is 58.3 Å². The van der Waals surface area contributed by atoms with Gasteiger partial charge in [-0.25, -0.2) is 0 Å². The molecule has 4 aliphatic rings. The van der Waals surface area contributed by atoms with Crippen LogP contribution >= 0.6 is 0 Å². The van der Waals surface area contributed by atoms with Crippen LogP contribution in [0.15, 0.2) is 24.3 Å². The summed E-state index contributed by atoms with van der Waals surface area (Å²) in [7, 11) is 2.20. The molecule has 2 fully saturated rings. The molecule has 0 saturated carbocycles. The monoisotopic (exact) mass is 476 g/mol. The number of aromatic nitrogens is 2. The van der Waals surface area contributed by atoms with E-state index in [0.29, 0.717) is 30.7 Å². The van der Waals surface area contributed by atoms with Gasteiger partial charge in [-0.3, -0.25) is 0 Å². The maximum Gasteiger partial charge on any atom is 0.318 e. The lowest BCUT2D eigenvalue weighted by atomic mass is 9.88. The molecular weight excluding hydrogens is 436 g/mol. The van der Waals surface area contributed by atoms with Crippen molar-refractivity contribution in [1.29, 1.82) is 0 Å². The minimum absolute atomic E-state index is 0.465. The number of anilines is 2. The first-order valence-corrected chi connectivity index (χ1v) is 13.7. The van der Waals surface area contributed by atoms with Gasteiger partial charge in [-0.2, -0.15) is 9.97 Å². The molecular formula is C28H40N6O. The summed E-state index contributed by atoms with van der Waals surface area (Å²) in [6, 6.07) is 11.0. The van der Waals surface area contributed by atoms with Gasteiger partial charge in [0.1, 0.15) is 12.4 Å². The zero-order chi connectivity index (χ0) is 23.8. The molecule has 4 heterocycles. The van der Waals surface area contributed by atoms with Crippen molar-refractivity contribution < 1.29 is 4.74 Å². The van der Waals surface area contributed by atoms with Gasteiger partial charge in [-0.05, 0) is 70.7 Å². The number of rotatable bonds is 5. The van der Waals surface area contributed by atoms with Gasteiger partial charge in [0.25, 0.3) is 0 Å². The van der Waals surface area contributed by atoms with Crippen LogP contribution in [-0.4, -0.2) is 79.4 Å². The van der Waals surface area contributed by atoms with Gasteiger partial charge in [0.05, 0.1) is 5.69 Å². The molecule has 1 aromatic carbocycles. The first kappa shape index (κ1) is 23.0. The van der Waals surface area contributed by atoms with Crippen LogP contribution in [0.4, 0.5) is 11.5 Å². The lowest BCUT2D eigenvalue weighted by Crippen LogP contribution is -2.50. The second-order valence-electron chi connectivity index (χ2n) is 11.0. The zero-order valence-electron chi connectivity index (χ0n) is 21.4. The third kappa shape index (κ3) is 4.73. The van der Waals surface area contributed by atoms with Crippen LogP contribution in [0.3, 0.4) is 0 Å². The van der Waals surface area contributed by atoms with Crippen LogP contribution in [0.2, 0.25) is 0 Å². The molecule has 0 bridgehead atoms. The Morgan fingerprint density at radius 3 is 2.83 bits per heavy atom. The lowest BCUT2D eigenvalue weighted by molar-refractivity contribution is 0.187. The van der Waals surface area contributed by atoms with Crippen LogP contribution in [0.1, 0.15) is 49.4 Å². The normalized spacial score (nSPS) is 27.0. The standard InChI is InChI=1S/C28H40N6O/c1-20-18-33(16-13-29-20)27-24-12-11-22(34-15-5-8-21-7-3-4-10-26(21)34)17-25(24)30-28(31-27)35-19-23-9-6-14-32(23)2/h3-4,7,10,20,22-23,29H,5-6,8-9,11-19H2,1-2H3/t20-,22?,23-/m0/s1. The average molecular weight is 477 g/mol. The van der Waals surface area contributed by atoms with Gasteiger partial charge in [0.2, 0.25) is 0 Å². The molecule has 3 aliphatic heterocycles. The van der Waals surface area contributed by atoms with Crippen LogP contribution in [0, 0.1) is 0 Å². The number of likely N-dealkylation sites (N-methyl/N-ethyl adjacent to an activating group) is 1. The van der Waals surface area contributed by atoms with E-state index >= 15 is 0 Å². The average Bonchev–Trinajstić information content (AvgIpc) is 3.30. The summed E-state index contributed by atoms with van der Waals surface area (Å²) in [5.74, 6) is 1.12. The smallest absolute Gasteiger partial charge is 0.318 e. The Morgan fingerprint density at radius 1 is 1.06 bits per heavy atom.